The molecule has 3 aromatic carbocycles. The minimum Gasteiger partial charge on any atom is -0.481 e. The predicted molar refractivity (Wildman–Crippen MR) is 119 cm³/mol. The highest BCUT2D eigenvalue weighted by Crippen LogP contribution is 2.32. The number of hydrogen-bond donors (Lipinski definition) is 1. The number of rotatable bonds is 8. The van der Waals surface area contributed by atoms with Gasteiger partial charge in [0.15, 0.2) is 6.61 Å². The van der Waals surface area contributed by atoms with Crippen LogP contribution in [0.4, 0.5) is 4.39 Å². The fourth-order valence-electron chi connectivity index (χ4n) is 3.10. The van der Waals surface area contributed by atoms with Gasteiger partial charge in [-0.05, 0) is 60.0 Å². The Morgan fingerprint density at radius 1 is 1.19 bits per heavy atom. The summed E-state index contributed by atoms with van der Waals surface area (Å²) in [6.45, 7) is 1.42. The van der Waals surface area contributed by atoms with E-state index in [2.05, 4.69) is 6.07 Å². The molecule has 1 atom stereocenters. The lowest BCUT2D eigenvalue weighted by Crippen LogP contribution is -2.21. The topological polar surface area (TPSA) is 90.6 Å². The first-order valence-corrected chi connectivity index (χ1v) is 10.8. The first kappa shape index (κ1) is 23.1. The van der Waals surface area contributed by atoms with Gasteiger partial charge in [-0.15, -0.1) is 0 Å². The normalized spacial score (nSPS) is 11.7. The van der Waals surface area contributed by atoms with Crippen molar-refractivity contribution in [1.29, 1.82) is 5.26 Å². The van der Waals surface area contributed by atoms with Crippen LogP contribution < -0.4 is 4.74 Å². The molecule has 0 aliphatic carbocycles. The van der Waals surface area contributed by atoms with E-state index in [-0.39, 0.29) is 6.54 Å². The quantitative estimate of drug-likeness (QED) is 0.551. The summed E-state index contributed by atoms with van der Waals surface area (Å²) < 4.78 is 33.7. The second kappa shape index (κ2) is 10.2. The fourth-order valence-corrected chi connectivity index (χ4v) is 4.12. The molecule has 1 N–H and O–H groups in total. The maximum absolute atomic E-state index is 13.9. The van der Waals surface area contributed by atoms with Gasteiger partial charge in [0.25, 0.3) is 0 Å². The number of nitrogens with zero attached hydrogens (tertiary/aromatic N) is 2. The van der Waals surface area contributed by atoms with E-state index in [1.54, 1.807) is 72.9 Å². The zero-order chi connectivity index (χ0) is 23.3. The lowest BCUT2D eigenvalue weighted by Gasteiger charge is -2.18. The van der Waals surface area contributed by atoms with Gasteiger partial charge in [-0.3, -0.25) is 0 Å². The van der Waals surface area contributed by atoms with Crippen molar-refractivity contribution in [2.24, 2.45) is 0 Å². The highest BCUT2D eigenvalue weighted by atomic mass is 32.2. The molecule has 1 unspecified atom stereocenters. The first-order valence-electron chi connectivity index (χ1n) is 9.65. The van der Waals surface area contributed by atoms with Crippen molar-refractivity contribution >= 4 is 17.0 Å². The van der Waals surface area contributed by atoms with Gasteiger partial charge in [0.05, 0.1) is 16.5 Å². The second-order valence-electron chi connectivity index (χ2n) is 7.15. The summed E-state index contributed by atoms with van der Waals surface area (Å²) in [4.78, 5) is 11.3. The van der Waals surface area contributed by atoms with Gasteiger partial charge < -0.3 is 9.84 Å². The molecular formula is C24H21FN2O4S. The van der Waals surface area contributed by atoms with E-state index in [0.717, 1.165) is 5.56 Å². The molecule has 0 aromatic heterocycles. The number of benzene rings is 3. The van der Waals surface area contributed by atoms with Gasteiger partial charge >= 0.3 is 5.97 Å². The number of halogens is 1. The molecule has 32 heavy (non-hydrogen) atoms. The van der Waals surface area contributed by atoms with Gasteiger partial charge in [0, 0.05) is 19.2 Å². The maximum Gasteiger partial charge on any atom is 0.341 e. The molecule has 6 nitrogen and oxygen atoms in total. The molecule has 0 bridgehead atoms. The molecule has 0 heterocycles. The van der Waals surface area contributed by atoms with Crippen LogP contribution in [-0.4, -0.2) is 33.2 Å². The number of carboxylic acid groups (broad SMARTS) is 1. The number of carboxylic acids is 1. The van der Waals surface area contributed by atoms with Gasteiger partial charge in [-0.1, -0.05) is 24.3 Å². The highest BCUT2D eigenvalue weighted by Gasteiger charge is 2.15. The van der Waals surface area contributed by atoms with E-state index < -0.39 is 29.4 Å². The zero-order valence-electron chi connectivity index (χ0n) is 17.5. The van der Waals surface area contributed by atoms with Gasteiger partial charge in [0.2, 0.25) is 0 Å². The van der Waals surface area contributed by atoms with Crippen LogP contribution in [0, 0.1) is 24.1 Å². The number of nitriles is 1. The van der Waals surface area contributed by atoms with Crippen molar-refractivity contribution in [3.63, 3.8) is 0 Å². The van der Waals surface area contributed by atoms with Crippen molar-refractivity contribution in [3.8, 4) is 22.9 Å². The van der Waals surface area contributed by atoms with Crippen LogP contribution in [0.3, 0.4) is 0 Å². The van der Waals surface area contributed by atoms with Gasteiger partial charge in [-0.2, -0.15) is 5.26 Å². The van der Waals surface area contributed by atoms with Gasteiger partial charge in [0.1, 0.15) is 22.6 Å². The Bertz CT molecular complexity index is 1220. The Labute approximate surface area is 188 Å². The fraction of sp³-hybridized carbons (Fsp3) is 0.167. The van der Waals surface area contributed by atoms with Crippen LogP contribution in [0.25, 0.3) is 11.1 Å². The lowest BCUT2D eigenvalue weighted by molar-refractivity contribution is -0.139. The minimum atomic E-state index is -1.58. The Morgan fingerprint density at radius 2 is 1.97 bits per heavy atom. The molecule has 8 heteroatoms. The SMILES string of the molecule is Cc1ccc(S(=O)N(C)Cc2ccc(OCC(=O)O)c(-c3cccc(C#N)c3)c2)cc1F. The molecule has 0 fully saturated rings. The van der Waals surface area contributed by atoms with Crippen LogP contribution in [-0.2, 0) is 22.3 Å². The second-order valence-corrected chi connectivity index (χ2v) is 8.74. The average Bonchev–Trinajstić information content (AvgIpc) is 2.79. The number of aliphatic carboxylic acids is 1. The van der Waals surface area contributed by atoms with E-state index in [1.165, 1.54) is 6.07 Å². The number of ether oxygens (including phenoxy) is 1. The molecule has 0 amide bonds. The Balaban J connectivity index is 1.91. The molecule has 0 spiro atoms. The van der Waals surface area contributed by atoms with Crippen molar-refractivity contribution in [2.45, 2.75) is 18.4 Å². The summed E-state index contributed by atoms with van der Waals surface area (Å²) in [6, 6.07) is 18.6. The highest BCUT2D eigenvalue weighted by molar-refractivity contribution is 7.82. The van der Waals surface area contributed by atoms with E-state index >= 15 is 0 Å². The molecule has 3 rings (SSSR count). The third-order valence-electron chi connectivity index (χ3n) is 4.73. The Kier molecular flexibility index (Phi) is 7.36. The van der Waals surface area contributed by atoms with Gasteiger partial charge in [-0.25, -0.2) is 17.7 Å². The predicted octanol–water partition coefficient (Wildman–Crippen LogP) is 4.29. The number of hydrogen-bond acceptors (Lipinski definition) is 4. The standard InChI is InChI=1S/C24H21FN2O4S/c1-16-6-8-20(12-22(16)25)32(30)27(2)14-18-7-9-23(31-15-24(28)29)21(11-18)19-5-3-4-17(10-19)13-26/h3-12H,14-15H2,1-2H3,(H,28,29). The Hall–Kier alpha value is -3.54. The molecule has 164 valence electrons. The van der Waals surface area contributed by atoms with Crippen molar-refractivity contribution in [1.82, 2.24) is 4.31 Å². The van der Waals surface area contributed by atoms with Crippen LogP contribution >= 0.6 is 0 Å². The smallest absolute Gasteiger partial charge is 0.341 e. The van der Waals surface area contributed by atoms with E-state index in [1.807, 2.05) is 0 Å². The number of carbonyl (C=O) groups is 1. The molecule has 0 saturated heterocycles. The number of aryl methyl sites for hydroxylation is 1. The van der Waals surface area contributed by atoms with E-state index in [9.17, 15) is 18.7 Å². The van der Waals surface area contributed by atoms with Crippen LogP contribution in [0.5, 0.6) is 5.75 Å². The summed E-state index contributed by atoms with van der Waals surface area (Å²) in [5, 5.41) is 18.2. The summed E-state index contributed by atoms with van der Waals surface area (Å²) >= 11 is 0. The first-order chi connectivity index (χ1) is 15.3. The monoisotopic (exact) mass is 452 g/mol. The molecular weight excluding hydrogens is 431 g/mol. The summed E-state index contributed by atoms with van der Waals surface area (Å²) in [5.41, 5.74) is 3.02. The maximum atomic E-state index is 13.9. The molecule has 0 radical (unpaired) electrons. The van der Waals surface area contributed by atoms with E-state index in [4.69, 9.17) is 9.84 Å². The zero-order valence-corrected chi connectivity index (χ0v) is 18.4. The van der Waals surface area contributed by atoms with Crippen LogP contribution in [0.2, 0.25) is 0 Å². The van der Waals surface area contributed by atoms with Crippen molar-refractivity contribution in [3.05, 3.63) is 83.2 Å². The summed E-state index contributed by atoms with van der Waals surface area (Å²) in [6.07, 6.45) is 0. The molecule has 0 aliphatic rings. The molecule has 0 saturated carbocycles. The Morgan fingerprint density at radius 3 is 2.66 bits per heavy atom. The van der Waals surface area contributed by atoms with Crippen LogP contribution in [0.15, 0.2) is 65.6 Å². The molecule has 3 aromatic rings. The minimum absolute atomic E-state index is 0.284. The third-order valence-corrected chi connectivity index (χ3v) is 6.08. The largest absolute Gasteiger partial charge is 0.481 e. The van der Waals surface area contributed by atoms with Crippen molar-refractivity contribution in [2.75, 3.05) is 13.7 Å². The van der Waals surface area contributed by atoms with Crippen LogP contribution in [0.1, 0.15) is 16.7 Å². The molecule has 0 aliphatic heterocycles. The summed E-state index contributed by atoms with van der Waals surface area (Å²) in [7, 11) is 0.0884. The van der Waals surface area contributed by atoms with E-state index in [0.29, 0.717) is 32.9 Å². The average molecular weight is 453 g/mol. The third kappa shape index (κ3) is 5.58. The van der Waals surface area contributed by atoms with Crippen molar-refractivity contribution < 1.29 is 23.2 Å². The summed E-state index contributed by atoms with van der Waals surface area (Å²) in [5.74, 6) is -1.16. The lowest BCUT2D eigenvalue weighted by atomic mass is 10.00.